The van der Waals surface area contributed by atoms with Crippen molar-refractivity contribution in [2.75, 3.05) is 39.8 Å². The molecule has 124 valence electrons. The van der Waals surface area contributed by atoms with Gasteiger partial charge in [-0.2, -0.15) is 0 Å². The van der Waals surface area contributed by atoms with Crippen LogP contribution in [-0.4, -0.2) is 70.4 Å². The van der Waals surface area contributed by atoms with Crippen LogP contribution in [0.5, 0.6) is 0 Å². The number of pyridine rings is 1. The van der Waals surface area contributed by atoms with Gasteiger partial charge >= 0.3 is 0 Å². The van der Waals surface area contributed by atoms with Crippen molar-refractivity contribution in [3.63, 3.8) is 0 Å². The predicted molar refractivity (Wildman–Crippen MR) is 90.7 cm³/mol. The van der Waals surface area contributed by atoms with Crippen LogP contribution in [0.3, 0.4) is 0 Å². The predicted octanol–water partition coefficient (Wildman–Crippen LogP) is 1.09. The van der Waals surface area contributed by atoms with Gasteiger partial charge in [-0.25, -0.2) is 4.98 Å². The molecule has 1 N–H and O–H groups in total. The molecule has 0 unspecified atom stereocenters. The number of fused-ring (bicyclic) bond motifs is 1. The zero-order valence-corrected chi connectivity index (χ0v) is 14.1. The first kappa shape index (κ1) is 16.0. The van der Waals surface area contributed by atoms with Gasteiger partial charge in [0.05, 0.1) is 0 Å². The van der Waals surface area contributed by atoms with Crippen molar-refractivity contribution in [1.29, 1.82) is 0 Å². The van der Waals surface area contributed by atoms with E-state index >= 15 is 0 Å². The van der Waals surface area contributed by atoms with E-state index in [-0.39, 0.29) is 11.4 Å². The van der Waals surface area contributed by atoms with Gasteiger partial charge in [-0.05, 0) is 33.0 Å². The van der Waals surface area contributed by atoms with E-state index in [1.165, 1.54) is 0 Å². The lowest BCUT2D eigenvalue weighted by atomic mass is 10.0. The lowest BCUT2D eigenvalue weighted by Gasteiger charge is -2.43. The molecule has 1 fully saturated rings. The number of imidazole rings is 1. The minimum atomic E-state index is -0.115. The molecule has 0 atom stereocenters. The van der Waals surface area contributed by atoms with E-state index in [2.05, 4.69) is 41.0 Å². The van der Waals surface area contributed by atoms with E-state index in [1.807, 2.05) is 28.8 Å². The molecule has 0 aliphatic carbocycles. The molecule has 6 heteroatoms. The second-order valence-electron chi connectivity index (χ2n) is 6.88. The van der Waals surface area contributed by atoms with Crippen molar-refractivity contribution in [1.82, 2.24) is 24.5 Å². The van der Waals surface area contributed by atoms with Gasteiger partial charge in [0.2, 0.25) is 0 Å². The average Bonchev–Trinajstić information content (AvgIpc) is 2.97. The summed E-state index contributed by atoms with van der Waals surface area (Å²) >= 11 is 0. The summed E-state index contributed by atoms with van der Waals surface area (Å²) in [5, 5.41) is 3.04. The highest BCUT2D eigenvalue weighted by molar-refractivity contribution is 5.92. The van der Waals surface area contributed by atoms with Gasteiger partial charge in [0.1, 0.15) is 11.3 Å². The number of carbonyl (C=O) groups excluding carboxylic acids is 1. The first-order valence-corrected chi connectivity index (χ1v) is 8.11. The summed E-state index contributed by atoms with van der Waals surface area (Å²) < 4.78 is 1.86. The zero-order chi connectivity index (χ0) is 16.4. The van der Waals surface area contributed by atoms with Crippen molar-refractivity contribution in [2.24, 2.45) is 0 Å². The number of carbonyl (C=O) groups is 1. The molecule has 1 aliphatic rings. The van der Waals surface area contributed by atoms with Crippen molar-refractivity contribution < 1.29 is 4.79 Å². The van der Waals surface area contributed by atoms with Crippen molar-refractivity contribution in [3.8, 4) is 0 Å². The number of hydrogen-bond acceptors (Lipinski definition) is 4. The van der Waals surface area contributed by atoms with Crippen LogP contribution < -0.4 is 5.32 Å². The van der Waals surface area contributed by atoms with E-state index in [0.717, 1.165) is 31.8 Å². The molecule has 1 saturated heterocycles. The third-order valence-corrected chi connectivity index (χ3v) is 4.64. The van der Waals surface area contributed by atoms with Crippen molar-refractivity contribution in [3.05, 3.63) is 36.3 Å². The smallest absolute Gasteiger partial charge is 0.271 e. The molecule has 23 heavy (non-hydrogen) atoms. The highest BCUT2D eigenvalue weighted by Crippen LogP contribution is 2.16. The number of piperazine rings is 1. The van der Waals surface area contributed by atoms with Crippen molar-refractivity contribution >= 4 is 11.6 Å². The highest BCUT2D eigenvalue weighted by Gasteiger charge is 2.29. The van der Waals surface area contributed by atoms with E-state index in [1.54, 1.807) is 6.20 Å². The number of amides is 1. The summed E-state index contributed by atoms with van der Waals surface area (Å²) in [6, 6.07) is 5.73. The molecule has 2 aromatic rings. The summed E-state index contributed by atoms with van der Waals surface area (Å²) in [6.45, 7) is 9.20. The number of rotatable bonds is 4. The number of likely N-dealkylation sites (N-methyl/N-ethyl adjacent to an activating group) is 1. The monoisotopic (exact) mass is 315 g/mol. The summed E-state index contributed by atoms with van der Waals surface area (Å²) in [4.78, 5) is 21.5. The lowest BCUT2D eigenvalue weighted by Crippen LogP contribution is -2.57. The van der Waals surface area contributed by atoms with E-state index in [4.69, 9.17) is 0 Å². The molecule has 1 amide bonds. The van der Waals surface area contributed by atoms with Crippen LogP contribution in [0.2, 0.25) is 0 Å². The lowest BCUT2D eigenvalue weighted by molar-refractivity contribution is 0.0587. The average molecular weight is 315 g/mol. The summed E-state index contributed by atoms with van der Waals surface area (Å²) in [5.41, 5.74) is 1.19. The molecule has 0 aromatic carbocycles. The first-order valence-electron chi connectivity index (χ1n) is 8.11. The number of aromatic nitrogens is 2. The number of nitrogens with one attached hydrogen (secondary N) is 1. The maximum Gasteiger partial charge on any atom is 0.271 e. The maximum absolute atomic E-state index is 12.4. The Morgan fingerprint density at radius 1 is 1.26 bits per heavy atom. The van der Waals surface area contributed by atoms with Crippen LogP contribution in [0.4, 0.5) is 0 Å². The third-order valence-electron chi connectivity index (χ3n) is 4.64. The zero-order valence-electron chi connectivity index (χ0n) is 14.1. The molecular weight excluding hydrogens is 290 g/mol. The SMILES string of the molecule is CN1CCN(C(C)(C)CNC(=O)c2cn3ccccc3n2)CC1. The molecule has 0 spiro atoms. The van der Waals surface area contributed by atoms with Crippen LogP contribution in [0, 0.1) is 0 Å². The highest BCUT2D eigenvalue weighted by atomic mass is 16.1. The Morgan fingerprint density at radius 2 is 2.00 bits per heavy atom. The third kappa shape index (κ3) is 3.54. The maximum atomic E-state index is 12.4. The Labute approximate surface area is 137 Å². The summed E-state index contributed by atoms with van der Waals surface area (Å²) in [6.07, 6.45) is 3.67. The molecule has 2 aromatic heterocycles. The Bertz CT molecular complexity index is 652. The summed E-state index contributed by atoms with van der Waals surface area (Å²) in [7, 11) is 2.15. The molecular formula is C17H25N5O. The molecule has 0 radical (unpaired) electrons. The minimum absolute atomic E-state index is 0.0594. The van der Waals surface area contributed by atoms with Gasteiger partial charge in [-0.15, -0.1) is 0 Å². The summed E-state index contributed by atoms with van der Waals surface area (Å²) in [5.74, 6) is -0.115. The van der Waals surface area contributed by atoms with Crippen LogP contribution in [0.15, 0.2) is 30.6 Å². The number of hydrogen-bond donors (Lipinski definition) is 1. The van der Waals surface area contributed by atoms with Gasteiger partial charge in [0.15, 0.2) is 0 Å². The standard InChI is InChI=1S/C17H25N5O/c1-17(2,22-10-8-20(3)9-11-22)13-18-16(23)14-12-21-7-5-4-6-15(21)19-14/h4-7,12H,8-11,13H2,1-3H3,(H,18,23). The first-order chi connectivity index (χ1) is 11.0. The topological polar surface area (TPSA) is 52.9 Å². The second kappa shape index (κ2) is 6.29. The van der Waals surface area contributed by atoms with E-state index in [9.17, 15) is 4.79 Å². The fraction of sp³-hybridized carbons (Fsp3) is 0.529. The molecule has 6 nitrogen and oxygen atoms in total. The van der Waals surface area contributed by atoms with Gasteiger partial charge in [-0.3, -0.25) is 9.69 Å². The van der Waals surface area contributed by atoms with Gasteiger partial charge in [0, 0.05) is 50.7 Å². The van der Waals surface area contributed by atoms with Crippen molar-refractivity contribution in [2.45, 2.75) is 19.4 Å². The fourth-order valence-corrected chi connectivity index (χ4v) is 2.95. The molecule has 3 rings (SSSR count). The molecule has 3 heterocycles. The van der Waals surface area contributed by atoms with Gasteiger partial charge in [-0.1, -0.05) is 6.07 Å². The molecule has 0 saturated carbocycles. The van der Waals surface area contributed by atoms with Crippen LogP contribution in [0.25, 0.3) is 5.65 Å². The fourth-order valence-electron chi connectivity index (χ4n) is 2.95. The molecule has 1 aliphatic heterocycles. The van der Waals surface area contributed by atoms with Crippen LogP contribution in [0.1, 0.15) is 24.3 Å². The second-order valence-corrected chi connectivity index (χ2v) is 6.88. The van der Waals surface area contributed by atoms with Gasteiger partial charge in [0.25, 0.3) is 5.91 Å². The Morgan fingerprint density at radius 3 is 2.70 bits per heavy atom. The van der Waals surface area contributed by atoms with Crippen LogP contribution >= 0.6 is 0 Å². The Hall–Kier alpha value is -1.92. The Kier molecular flexibility index (Phi) is 4.37. The van der Waals surface area contributed by atoms with Crippen LogP contribution in [-0.2, 0) is 0 Å². The Balaban J connectivity index is 1.61. The normalized spacial score (nSPS) is 17.5. The minimum Gasteiger partial charge on any atom is -0.349 e. The van der Waals surface area contributed by atoms with Gasteiger partial charge < -0.3 is 14.6 Å². The molecule has 0 bridgehead atoms. The quantitative estimate of drug-likeness (QED) is 0.918. The van der Waals surface area contributed by atoms with E-state index < -0.39 is 0 Å². The number of nitrogens with zero attached hydrogens (tertiary/aromatic N) is 4. The largest absolute Gasteiger partial charge is 0.349 e. The van der Waals surface area contributed by atoms with E-state index in [0.29, 0.717) is 12.2 Å².